The minimum absolute atomic E-state index is 0.570. The first-order valence-electron chi connectivity index (χ1n) is 6.81. The molecule has 0 atom stereocenters. The standard InChI is InChI=1S/C16H21N3O/c1-11-5-7-14(19-13(11)3)9-10-20-16-15(17-4)8-6-12(2)18-16/h5-8,17H,9-10H2,1-4H3. The predicted octanol–water partition coefficient (Wildman–Crippen LogP) is 3.07. The lowest BCUT2D eigenvalue weighted by atomic mass is 10.2. The number of aromatic nitrogens is 2. The van der Waals surface area contributed by atoms with Gasteiger partial charge in [0.2, 0.25) is 5.88 Å². The molecule has 20 heavy (non-hydrogen) atoms. The van der Waals surface area contributed by atoms with E-state index in [9.17, 15) is 0 Å². The fourth-order valence-corrected chi connectivity index (χ4v) is 1.91. The molecule has 0 saturated carbocycles. The van der Waals surface area contributed by atoms with E-state index < -0.39 is 0 Å². The molecule has 0 aliphatic carbocycles. The van der Waals surface area contributed by atoms with Gasteiger partial charge in [-0.25, -0.2) is 4.98 Å². The number of anilines is 1. The van der Waals surface area contributed by atoms with Crippen molar-refractivity contribution in [2.24, 2.45) is 0 Å². The van der Waals surface area contributed by atoms with Crippen molar-refractivity contribution < 1.29 is 4.74 Å². The van der Waals surface area contributed by atoms with Crippen LogP contribution in [-0.2, 0) is 6.42 Å². The third-order valence-electron chi connectivity index (χ3n) is 3.27. The lowest BCUT2D eigenvalue weighted by molar-refractivity contribution is 0.309. The molecule has 0 saturated heterocycles. The Bertz CT molecular complexity index is 596. The Hall–Kier alpha value is -2.10. The van der Waals surface area contributed by atoms with Gasteiger partial charge < -0.3 is 10.1 Å². The highest BCUT2D eigenvalue weighted by Gasteiger charge is 2.05. The highest BCUT2D eigenvalue weighted by atomic mass is 16.5. The van der Waals surface area contributed by atoms with Crippen LogP contribution in [0.3, 0.4) is 0 Å². The van der Waals surface area contributed by atoms with Crippen molar-refractivity contribution in [3.63, 3.8) is 0 Å². The fraction of sp³-hybridized carbons (Fsp3) is 0.375. The molecular formula is C16H21N3O. The molecule has 2 heterocycles. The van der Waals surface area contributed by atoms with E-state index in [-0.39, 0.29) is 0 Å². The maximum Gasteiger partial charge on any atom is 0.237 e. The van der Waals surface area contributed by atoms with Crippen molar-refractivity contribution in [3.05, 3.63) is 46.9 Å². The van der Waals surface area contributed by atoms with Crippen LogP contribution < -0.4 is 10.1 Å². The summed E-state index contributed by atoms with van der Waals surface area (Å²) in [5, 5.41) is 3.08. The van der Waals surface area contributed by atoms with E-state index in [0.29, 0.717) is 12.5 Å². The largest absolute Gasteiger partial charge is 0.476 e. The van der Waals surface area contributed by atoms with Gasteiger partial charge in [-0.15, -0.1) is 0 Å². The lowest BCUT2D eigenvalue weighted by Crippen LogP contribution is -2.07. The fourth-order valence-electron chi connectivity index (χ4n) is 1.91. The van der Waals surface area contributed by atoms with Crippen molar-refractivity contribution in [3.8, 4) is 5.88 Å². The number of hydrogen-bond donors (Lipinski definition) is 1. The third kappa shape index (κ3) is 3.47. The third-order valence-corrected chi connectivity index (χ3v) is 3.27. The maximum absolute atomic E-state index is 5.77. The normalized spacial score (nSPS) is 10.4. The number of pyridine rings is 2. The zero-order valence-electron chi connectivity index (χ0n) is 12.5. The van der Waals surface area contributed by atoms with Gasteiger partial charge >= 0.3 is 0 Å². The van der Waals surface area contributed by atoms with Gasteiger partial charge in [-0.2, -0.15) is 0 Å². The average molecular weight is 271 g/mol. The van der Waals surface area contributed by atoms with Crippen LogP contribution >= 0.6 is 0 Å². The number of hydrogen-bond acceptors (Lipinski definition) is 4. The Morgan fingerprint density at radius 1 is 1.05 bits per heavy atom. The molecule has 0 fully saturated rings. The van der Waals surface area contributed by atoms with Crippen LogP contribution in [0.5, 0.6) is 5.88 Å². The first-order chi connectivity index (χ1) is 9.60. The number of ether oxygens (including phenoxy) is 1. The molecule has 1 N–H and O–H groups in total. The lowest BCUT2D eigenvalue weighted by Gasteiger charge is -2.11. The summed E-state index contributed by atoms with van der Waals surface area (Å²) in [4.78, 5) is 8.95. The number of rotatable bonds is 5. The second kappa shape index (κ2) is 6.37. The molecule has 2 aromatic rings. The van der Waals surface area contributed by atoms with Crippen molar-refractivity contribution in [2.75, 3.05) is 19.0 Å². The number of nitrogens with zero attached hydrogens (tertiary/aromatic N) is 2. The van der Waals surface area contributed by atoms with Gasteiger partial charge in [0.05, 0.1) is 12.3 Å². The summed E-state index contributed by atoms with van der Waals surface area (Å²) >= 11 is 0. The number of aryl methyl sites for hydroxylation is 3. The van der Waals surface area contributed by atoms with Gasteiger partial charge in [0.25, 0.3) is 0 Å². The number of nitrogens with one attached hydrogen (secondary N) is 1. The molecule has 2 aromatic heterocycles. The van der Waals surface area contributed by atoms with Gasteiger partial charge in [-0.1, -0.05) is 6.07 Å². The Labute approximate surface area is 120 Å². The van der Waals surface area contributed by atoms with Gasteiger partial charge in [0.15, 0.2) is 0 Å². The van der Waals surface area contributed by atoms with E-state index >= 15 is 0 Å². The zero-order chi connectivity index (χ0) is 14.5. The van der Waals surface area contributed by atoms with Crippen LogP contribution in [0.25, 0.3) is 0 Å². The van der Waals surface area contributed by atoms with Gasteiger partial charge in [-0.05, 0) is 44.5 Å². The topological polar surface area (TPSA) is 47.0 Å². The highest BCUT2D eigenvalue weighted by molar-refractivity contribution is 5.52. The van der Waals surface area contributed by atoms with Crippen LogP contribution in [0.4, 0.5) is 5.69 Å². The van der Waals surface area contributed by atoms with Gasteiger partial charge in [0.1, 0.15) is 0 Å². The van der Waals surface area contributed by atoms with E-state index in [2.05, 4.69) is 28.3 Å². The molecule has 0 spiro atoms. The first-order valence-corrected chi connectivity index (χ1v) is 6.81. The summed E-state index contributed by atoms with van der Waals surface area (Å²) < 4.78 is 5.77. The monoisotopic (exact) mass is 271 g/mol. The molecule has 4 nitrogen and oxygen atoms in total. The Morgan fingerprint density at radius 3 is 2.55 bits per heavy atom. The predicted molar refractivity (Wildman–Crippen MR) is 81.4 cm³/mol. The molecule has 0 aromatic carbocycles. The van der Waals surface area contributed by atoms with Crippen LogP contribution in [0.1, 0.15) is 22.6 Å². The zero-order valence-corrected chi connectivity index (χ0v) is 12.5. The Morgan fingerprint density at radius 2 is 1.85 bits per heavy atom. The van der Waals surface area contributed by atoms with Crippen molar-refractivity contribution in [1.82, 2.24) is 9.97 Å². The quantitative estimate of drug-likeness (QED) is 0.908. The molecule has 0 aliphatic rings. The summed E-state index contributed by atoms with van der Waals surface area (Å²) in [6.07, 6.45) is 0.778. The summed E-state index contributed by atoms with van der Waals surface area (Å²) in [5.74, 6) is 0.649. The molecule has 0 aliphatic heterocycles. The second-order valence-electron chi connectivity index (χ2n) is 4.86. The first kappa shape index (κ1) is 14.3. The highest BCUT2D eigenvalue weighted by Crippen LogP contribution is 2.21. The van der Waals surface area contributed by atoms with E-state index in [0.717, 1.165) is 29.2 Å². The van der Waals surface area contributed by atoms with E-state index in [1.54, 1.807) is 0 Å². The summed E-state index contributed by atoms with van der Waals surface area (Å²) in [7, 11) is 1.87. The van der Waals surface area contributed by atoms with Crippen molar-refractivity contribution in [2.45, 2.75) is 27.2 Å². The molecule has 4 heteroatoms. The van der Waals surface area contributed by atoms with E-state index in [1.807, 2.05) is 39.1 Å². The Kier molecular flexibility index (Phi) is 4.56. The van der Waals surface area contributed by atoms with Crippen molar-refractivity contribution in [1.29, 1.82) is 0 Å². The molecule has 106 valence electrons. The van der Waals surface area contributed by atoms with Crippen molar-refractivity contribution >= 4 is 5.69 Å². The van der Waals surface area contributed by atoms with Crippen LogP contribution in [0.2, 0.25) is 0 Å². The summed E-state index contributed by atoms with van der Waals surface area (Å²) in [5.41, 5.74) is 5.19. The molecular weight excluding hydrogens is 250 g/mol. The van der Waals surface area contributed by atoms with E-state index in [1.165, 1.54) is 5.56 Å². The van der Waals surface area contributed by atoms with Gasteiger partial charge in [0, 0.05) is 30.6 Å². The minimum atomic E-state index is 0.570. The SMILES string of the molecule is CNc1ccc(C)nc1OCCc1ccc(C)c(C)n1. The molecule has 2 rings (SSSR count). The average Bonchev–Trinajstić information content (AvgIpc) is 2.43. The molecule has 0 unspecified atom stereocenters. The molecule has 0 bridgehead atoms. The maximum atomic E-state index is 5.77. The minimum Gasteiger partial charge on any atom is -0.476 e. The second-order valence-corrected chi connectivity index (χ2v) is 4.86. The molecule has 0 radical (unpaired) electrons. The summed E-state index contributed by atoms with van der Waals surface area (Å²) in [6, 6.07) is 8.09. The Balaban J connectivity index is 1.99. The van der Waals surface area contributed by atoms with Crippen LogP contribution in [-0.4, -0.2) is 23.6 Å². The van der Waals surface area contributed by atoms with Gasteiger partial charge in [-0.3, -0.25) is 4.98 Å². The van der Waals surface area contributed by atoms with E-state index in [4.69, 9.17) is 4.74 Å². The van der Waals surface area contributed by atoms with Crippen LogP contribution in [0, 0.1) is 20.8 Å². The molecule has 0 amide bonds. The smallest absolute Gasteiger partial charge is 0.237 e. The van der Waals surface area contributed by atoms with Crippen LogP contribution in [0.15, 0.2) is 24.3 Å². The summed E-state index contributed by atoms with van der Waals surface area (Å²) in [6.45, 7) is 6.62.